The fraction of sp³-hybridized carbons (Fsp3) is 0.357. The molecule has 0 aliphatic carbocycles. The molecule has 0 bridgehead atoms. The minimum atomic E-state index is 0.670. The molecule has 18 heavy (non-hydrogen) atoms. The van der Waals surface area contributed by atoms with Crippen molar-refractivity contribution in [2.45, 2.75) is 6.92 Å². The van der Waals surface area contributed by atoms with Crippen LogP contribution in [0.15, 0.2) is 34.9 Å². The van der Waals surface area contributed by atoms with Gasteiger partial charge in [0.25, 0.3) is 0 Å². The SMILES string of the molecule is Cc1ncc(-c2cccc(OCCN(C)C)c2)o1. The van der Waals surface area contributed by atoms with Crippen LogP contribution in [0.5, 0.6) is 5.75 Å². The van der Waals surface area contributed by atoms with E-state index in [-0.39, 0.29) is 0 Å². The lowest BCUT2D eigenvalue weighted by atomic mass is 10.2. The lowest BCUT2D eigenvalue weighted by Gasteiger charge is -2.11. The van der Waals surface area contributed by atoms with Gasteiger partial charge in [-0.15, -0.1) is 0 Å². The van der Waals surface area contributed by atoms with Crippen molar-refractivity contribution >= 4 is 0 Å². The molecular weight excluding hydrogens is 228 g/mol. The summed E-state index contributed by atoms with van der Waals surface area (Å²) in [4.78, 5) is 6.18. The number of hydrogen-bond acceptors (Lipinski definition) is 4. The maximum Gasteiger partial charge on any atom is 0.191 e. The largest absolute Gasteiger partial charge is 0.492 e. The normalized spacial score (nSPS) is 10.9. The Hall–Kier alpha value is -1.81. The van der Waals surface area contributed by atoms with E-state index in [0.29, 0.717) is 12.5 Å². The predicted octanol–water partition coefficient (Wildman–Crippen LogP) is 2.59. The lowest BCUT2D eigenvalue weighted by Crippen LogP contribution is -2.19. The summed E-state index contributed by atoms with van der Waals surface area (Å²) in [5.74, 6) is 2.29. The number of hydrogen-bond donors (Lipinski definition) is 0. The Morgan fingerprint density at radius 1 is 1.33 bits per heavy atom. The summed E-state index contributed by atoms with van der Waals surface area (Å²) in [5, 5.41) is 0. The van der Waals surface area contributed by atoms with E-state index < -0.39 is 0 Å². The first-order valence-electron chi connectivity index (χ1n) is 5.95. The third kappa shape index (κ3) is 3.34. The first kappa shape index (κ1) is 12.6. The summed E-state index contributed by atoms with van der Waals surface area (Å²) in [7, 11) is 4.05. The number of aryl methyl sites for hydroxylation is 1. The Kier molecular flexibility index (Phi) is 3.99. The van der Waals surface area contributed by atoms with E-state index in [0.717, 1.165) is 23.6 Å². The Morgan fingerprint density at radius 2 is 2.17 bits per heavy atom. The van der Waals surface area contributed by atoms with Crippen LogP contribution in [-0.2, 0) is 0 Å². The highest BCUT2D eigenvalue weighted by atomic mass is 16.5. The zero-order valence-corrected chi connectivity index (χ0v) is 11.0. The molecule has 96 valence electrons. The van der Waals surface area contributed by atoms with Crippen molar-refractivity contribution in [1.82, 2.24) is 9.88 Å². The van der Waals surface area contributed by atoms with E-state index in [4.69, 9.17) is 9.15 Å². The van der Waals surface area contributed by atoms with Gasteiger partial charge in [-0.3, -0.25) is 0 Å². The number of rotatable bonds is 5. The molecule has 0 amide bonds. The molecular formula is C14H18N2O2. The summed E-state index contributed by atoms with van der Waals surface area (Å²) in [5.41, 5.74) is 0.984. The number of likely N-dealkylation sites (N-methyl/N-ethyl adjacent to an activating group) is 1. The maximum absolute atomic E-state index is 5.68. The van der Waals surface area contributed by atoms with Crippen molar-refractivity contribution in [1.29, 1.82) is 0 Å². The van der Waals surface area contributed by atoms with Gasteiger partial charge in [-0.05, 0) is 26.2 Å². The average molecular weight is 246 g/mol. The van der Waals surface area contributed by atoms with Gasteiger partial charge < -0.3 is 14.1 Å². The molecule has 2 aromatic rings. The van der Waals surface area contributed by atoms with E-state index >= 15 is 0 Å². The van der Waals surface area contributed by atoms with Crippen molar-refractivity contribution in [3.8, 4) is 17.1 Å². The number of benzene rings is 1. The molecule has 1 heterocycles. The summed E-state index contributed by atoms with van der Waals surface area (Å²) in [6.45, 7) is 3.40. The molecule has 0 fully saturated rings. The summed E-state index contributed by atoms with van der Waals surface area (Å²) in [6.07, 6.45) is 1.73. The Labute approximate surface area is 107 Å². The fourth-order valence-corrected chi connectivity index (χ4v) is 1.58. The van der Waals surface area contributed by atoms with Gasteiger partial charge in [0.15, 0.2) is 11.7 Å². The standard InChI is InChI=1S/C14H18N2O2/c1-11-15-10-14(18-11)12-5-4-6-13(9-12)17-8-7-16(2)3/h4-6,9-10H,7-8H2,1-3H3. The van der Waals surface area contributed by atoms with Crippen LogP contribution >= 0.6 is 0 Å². The molecule has 1 aromatic carbocycles. The van der Waals surface area contributed by atoms with E-state index in [1.54, 1.807) is 6.20 Å². The molecule has 2 rings (SSSR count). The molecule has 0 spiro atoms. The molecule has 0 radical (unpaired) electrons. The minimum Gasteiger partial charge on any atom is -0.492 e. The van der Waals surface area contributed by atoms with Crippen molar-refractivity contribution in [2.75, 3.05) is 27.2 Å². The zero-order valence-electron chi connectivity index (χ0n) is 11.0. The number of oxazole rings is 1. The predicted molar refractivity (Wildman–Crippen MR) is 70.7 cm³/mol. The number of ether oxygens (including phenoxy) is 1. The first-order valence-corrected chi connectivity index (χ1v) is 5.95. The molecule has 0 saturated heterocycles. The zero-order chi connectivity index (χ0) is 13.0. The van der Waals surface area contributed by atoms with Crippen LogP contribution in [0.2, 0.25) is 0 Å². The van der Waals surface area contributed by atoms with Crippen molar-refractivity contribution in [3.05, 3.63) is 36.4 Å². The Bertz CT molecular complexity index is 506. The first-order chi connectivity index (χ1) is 8.65. The Morgan fingerprint density at radius 3 is 2.83 bits per heavy atom. The second-order valence-corrected chi connectivity index (χ2v) is 4.42. The molecule has 0 atom stereocenters. The van der Waals surface area contributed by atoms with Crippen LogP contribution in [0.4, 0.5) is 0 Å². The van der Waals surface area contributed by atoms with Crippen molar-refractivity contribution in [2.24, 2.45) is 0 Å². The van der Waals surface area contributed by atoms with E-state index in [2.05, 4.69) is 9.88 Å². The van der Waals surface area contributed by atoms with Gasteiger partial charge in [-0.1, -0.05) is 12.1 Å². The van der Waals surface area contributed by atoms with Crippen LogP contribution in [-0.4, -0.2) is 37.1 Å². The number of nitrogens with zero attached hydrogens (tertiary/aromatic N) is 2. The van der Waals surface area contributed by atoms with Gasteiger partial charge in [-0.25, -0.2) is 4.98 Å². The van der Waals surface area contributed by atoms with Gasteiger partial charge in [0.05, 0.1) is 6.20 Å². The van der Waals surface area contributed by atoms with Crippen LogP contribution in [0.1, 0.15) is 5.89 Å². The van der Waals surface area contributed by atoms with Crippen LogP contribution in [0, 0.1) is 6.92 Å². The highest BCUT2D eigenvalue weighted by molar-refractivity contribution is 5.58. The molecule has 0 unspecified atom stereocenters. The second-order valence-electron chi connectivity index (χ2n) is 4.42. The highest BCUT2D eigenvalue weighted by Crippen LogP contribution is 2.24. The third-order valence-electron chi connectivity index (χ3n) is 2.55. The lowest BCUT2D eigenvalue weighted by molar-refractivity contribution is 0.261. The van der Waals surface area contributed by atoms with Crippen molar-refractivity contribution < 1.29 is 9.15 Å². The Balaban J connectivity index is 2.05. The molecule has 4 nitrogen and oxygen atoms in total. The van der Waals surface area contributed by atoms with E-state index in [1.807, 2.05) is 45.3 Å². The molecule has 0 aliphatic rings. The average Bonchev–Trinajstić information content (AvgIpc) is 2.76. The summed E-state index contributed by atoms with van der Waals surface area (Å²) >= 11 is 0. The summed E-state index contributed by atoms with van der Waals surface area (Å²) in [6, 6.07) is 7.86. The monoisotopic (exact) mass is 246 g/mol. The quantitative estimate of drug-likeness (QED) is 0.812. The number of aromatic nitrogens is 1. The maximum atomic E-state index is 5.68. The highest BCUT2D eigenvalue weighted by Gasteiger charge is 2.05. The summed E-state index contributed by atoms with van der Waals surface area (Å²) < 4.78 is 11.2. The molecule has 4 heteroatoms. The van der Waals surface area contributed by atoms with Gasteiger partial charge in [0, 0.05) is 19.0 Å². The van der Waals surface area contributed by atoms with Gasteiger partial charge in [-0.2, -0.15) is 0 Å². The smallest absolute Gasteiger partial charge is 0.191 e. The van der Waals surface area contributed by atoms with Crippen LogP contribution < -0.4 is 4.74 Å². The van der Waals surface area contributed by atoms with Crippen LogP contribution in [0.3, 0.4) is 0 Å². The second kappa shape index (κ2) is 5.69. The topological polar surface area (TPSA) is 38.5 Å². The minimum absolute atomic E-state index is 0.670. The van der Waals surface area contributed by atoms with Gasteiger partial charge in [0.1, 0.15) is 12.4 Å². The molecule has 0 aliphatic heterocycles. The molecule has 0 N–H and O–H groups in total. The van der Waals surface area contributed by atoms with E-state index in [9.17, 15) is 0 Å². The van der Waals surface area contributed by atoms with Crippen molar-refractivity contribution in [3.63, 3.8) is 0 Å². The van der Waals surface area contributed by atoms with Gasteiger partial charge in [0.2, 0.25) is 0 Å². The van der Waals surface area contributed by atoms with Gasteiger partial charge >= 0.3 is 0 Å². The van der Waals surface area contributed by atoms with E-state index in [1.165, 1.54) is 0 Å². The molecule has 0 saturated carbocycles. The third-order valence-corrected chi connectivity index (χ3v) is 2.55. The molecule has 1 aromatic heterocycles. The fourth-order valence-electron chi connectivity index (χ4n) is 1.58. The van der Waals surface area contributed by atoms with Crippen LogP contribution in [0.25, 0.3) is 11.3 Å².